The van der Waals surface area contributed by atoms with Crippen molar-refractivity contribution >= 4 is 15.9 Å². The predicted molar refractivity (Wildman–Crippen MR) is 89.3 cm³/mol. The summed E-state index contributed by atoms with van der Waals surface area (Å²) in [5.41, 5.74) is 0.342. The van der Waals surface area contributed by atoms with Gasteiger partial charge in [-0.25, -0.2) is 8.42 Å². The van der Waals surface area contributed by atoms with Gasteiger partial charge in [0.15, 0.2) is 0 Å². The summed E-state index contributed by atoms with van der Waals surface area (Å²) in [5.74, 6) is -0.146. The number of fused-ring (bicyclic) bond motifs is 3. The molecule has 8 heteroatoms. The summed E-state index contributed by atoms with van der Waals surface area (Å²) in [6.07, 6.45) is 0. The maximum Gasteiger partial charge on any atom is 0.251 e. The van der Waals surface area contributed by atoms with Crippen molar-refractivity contribution in [3.63, 3.8) is 0 Å². The van der Waals surface area contributed by atoms with Gasteiger partial charge >= 0.3 is 0 Å². The highest BCUT2D eigenvalue weighted by atomic mass is 32.2. The molecule has 0 unspecified atom stereocenters. The lowest BCUT2D eigenvalue weighted by molar-refractivity contribution is 0.0727. The van der Waals surface area contributed by atoms with Gasteiger partial charge in [-0.1, -0.05) is 6.07 Å². The summed E-state index contributed by atoms with van der Waals surface area (Å²) in [7, 11) is -0.112. The molecule has 7 nitrogen and oxygen atoms in total. The van der Waals surface area contributed by atoms with Crippen molar-refractivity contribution in [1.29, 1.82) is 0 Å². The number of amides is 1. The van der Waals surface area contributed by atoms with Crippen LogP contribution < -0.4 is 5.32 Å². The molecule has 3 rings (SSSR count). The lowest BCUT2D eigenvalue weighted by Gasteiger charge is -2.29. The average Bonchev–Trinajstić information content (AvgIpc) is 2.83. The first-order valence-corrected chi connectivity index (χ1v) is 9.46. The van der Waals surface area contributed by atoms with E-state index in [1.54, 1.807) is 18.2 Å². The van der Waals surface area contributed by atoms with Crippen LogP contribution in [0.25, 0.3) is 0 Å². The molecule has 132 valence electrons. The second-order valence-electron chi connectivity index (χ2n) is 6.43. The number of hydrogen-bond donors (Lipinski definition) is 1. The third-order valence-corrected chi connectivity index (χ3v) is 6.50. The van der Waals surface area contributed by atoms with Gasteiger partial charge in [0.25, 0.3) is 5.91 Å². The Morgan fingerprint density at radius 1 is 1.25 bits per heavy atom. The van der Waals surface area contributed by atoms with Gasteiger partial charge in [0, 0.05) is 44.2 Å². The summed E-state index contributed by atoms with van der Waals surface area (Å²) >= 11 is 0. The van der Waals surface area contributed by atoms with Gasteiger partial charge < -0.3 is 10.1 Å². The number of nitrogens with zero attached hydrogens (tertiary/aromatic N) is 2. The van der Waals surface area contributed by atoms with Gasteiger partial charge in [0.2, 0.25) is 10.0 Å². The van der Waals surface area contributed by atoms with Gasteiger partial charge in [-0.05, 0) is 25.2 Å². The number of carbonyl (C=O) groups excluding carboxylic acids is 1. The van der Waals surface area contributed by atoms with Crippen LogP contribution in [-0.4, -0.2) is 76.5 Å². The van der Waals surface area contributed by atoms with Crippen molar-refractivity contribution in [2.45, 2.75) is 10.9 Å². The molecular formula is C16H23N3O4S. The Morgan fingerprint density at radius 3 is 2.79 bits per heavy atom. The number of hydrogen-bond acceptors (Lipinski definition) is 5. The third kappa shape index (κ3) is 3.32. The van der Waals surface area contributed by atoms with Crippen LogP contribution in [0.2, 0.25) is 0 Å². The van der Waals surface area contributed by atoms with E-state index in [-0.39, 0.29) is 22.8 Å². The second kappa shape index (κ2) is 6.79. The lowest BCUT2D eigenvalue weighted by Crippen LogP contribution is -2.44. The van der Waals surface area contributed by atoms with Crippen molar-refractivity contribution in [3.8, 4) is 0 Å². The smallest absolute Gasteiger partial charge is 0.251 e. The van der Waals surface area contributed by atoms with Crippen molar-refractivity contribution < 1.29 is 17.9 Å². The van der Waals surface area contributed by atoms with Crippen molar-refractivity contribution in [1.82, 2.24) is 14.5 Å². The Kier molecular flexibility index (Phi) is 4.91. The molecular weight excluding hydrogens is 330 g/mol. The Bertz CT molecular complexity index is 722. The number of likely N-dealkylation sites (N-methyl/N-ethyl adjacent to an activating group) is 1. The fourth-order valence-corrected chi connectivity index (χ4v) is 4.89. The minimum absolute atomic E-state index is 0.0504. The molecule has 2 fully saturated rings. The summed E-state index contributed by atoms with van der Waals surface area (Å²) in [6.45, 7) is 2.78. The Hall–Kier alpha value is -1.48. The molecule has 2 saturated heterocycles. The Labute approximate surface area is 142 Å². The molecule has 1 amide bonds. The molecule has 0 spiro atoms. The average molecular weight is 353 g/mol. The van der Waals surface area contributed by atoms with Gasteiger partial charge in [0.1, 0.15) is 0 Å². The van der Waals surface area contributed by atoms with Crippen LogP contribution >= 0.6 is 0 Å². The Morgan fingerprint density at radius 2 is 2.04 bits per heavy atom. The van der Waals surface area contributed by atoms with E-state index in [4.69, 9.17) is 4.74 Å². The first-order chi connectivity index (χ1) is 11.4. The van der Waals surface area contributed by atoms with Crippen LogP contribution in [0.1, 0.15) is 10.4 Å². The van der Waals surface area contributed by atoms with Crippen LogP contribution in [-0.2, 0) is 14.8 Å². The van der Waals surface area contributed by atoms with E-state index >= 15 is 0 Å². The number of carbonyl (C=O) groups is 1. The fourth-order valence-electron chi connectivity index (χ4n) is 3.29. The van der Waals surface area contributed by atoms with E-state index in [1.807, 2.05) is 7.05 Å². The fraction of sp³-hybridized carbons (Fsp3) is 0.562. The minimum atomic E-state index is -3.64. The third-order valence-electron chi connectivity index (χ3n) is 4.67. The highest BCUT2D eigenvalue weighted by molar-refractivity contribution is 7.89. The summed E-state index contributed by atoms with van der Waals surface area (Å²) < 4.78 is 33.3. The van der Waals surface area contributed by atoms with Crippen LogP contribution in [0.4, 0.5) is 0 Å². The van der Waals surface area contributed by atoms with Crippen molar-refractivity contribution in [2.24, 2.45) is 5.92 Å². The zero-order valence-corrected chi connectivity index (χ0v) is 14.8. The maximum absolute atomic E-state index is 13.1. The molecule has 2 heterocycles. The highest BCUT2D eigenvalue weighted by Crippen LogP contribution is 2.24. The summed E-state index contributed by atoms with van der Waals surface area (Å²) in [4.78, 5) is 14.1. The maximum atomic E-state index is 13.1. The second-order valence-corrected chi connectivity index (χ2v) is 8.36. The number of benzene rings is 1. The zero-order valence-electron chi connectivity index (χ0n) is 13.9. The lowest BCUT2D eigenvalue weighted by atomic mass is 10.1. The minimum Gasteiger partial charge on any atom is -0.379 e. The highest BCUT2D eigenvalue weighted by Gasteiger charge is 2.37. The molecule has 1 aromatic rings. The standard InChI is InChI=1S/C16H23N3O4S/c1-17-16(20)13-4-3-5-15(6-13)24(21,22)19-8-12-7-18(2)14(9-19)11-23-10-12/h3-6,12,14H,7-11H2,1-2H3,(H,17,20)/t12-,14+/m1/s1. The van der Waals surface area contributed by atoms with Gasteiger partial charge in [-0.15, -0.1) is 0 Å². The molecule has 24 heavy (non-hydrogen) atoms. The first kappa shape index (κ1) is 17.3. The van der Waals surface area contributed by atoms with E-state index in [1.165, 1.54) is 17.4 Å². The number of sulfonamides is 1. The van der Waals surface area contributed by atoms with Crippen molar-refractivity contribution in [2.75, 3.05) is 46.9 Å². The summed E-state index contributed by atoms with van der Waals surface area (Å²) in [6, 6.07) is 6.24. The van der Waals surface area contributed by atoms with E-state index in [2.05, 4.69) is 10.2 Å². The largest absolute Gasteiger partial charge is 0.379 e. The molecule has 1 N–H and O–H groups in total. The molecule has 2 aliphatic heterocycles. The molecule has 2 aliphatic rings. The molecule has 0 radical (unpaired) electrons. The van der Waals surface area contributed by atoms with Crippen LogP contribution in [0.15, 0.2) is 29.2 Å². The zero-order chi connectivity index (χ0) is 17.3. The predicted octanol–water partition coefficient (Wildman–Crippen LogP) is -0.00270. The monoisotopic (exact) mass is 353 g/mol. The van der Waals surface area contributed by atoms with Gasteiger partial charge in [0.05, 0.1) is 18.1 Å². The van der Waals surface area contributed by atoms with Crippen LogP contribution in [0.3, 0.4) is 0 Å². The number of nitrogens with one attached hydrogen (secondary N) is 1. The molecule has 1 aromatic carbocycles. The van der Waals surface area contributed by atoms with E-state index in [9.17, 15) is 13.2 Å². The Balaban J connectivity index is 1.91. The van der Waals surface area contributed by atoms with Gasteiger partial charge in [-0.2, -0.15) is 4.31 Å². The van der Waals surface area contributed by atoms with E-state index in [0.717, 1.165) is 6.54 Å². The number of rotatable bonds is 3. The van der Waals surface area contributed by atoms with Crippen LogP contribution in [0, 0.1) is 5.92 Å². The van der Waals surface area contributed by atoms with Gasteiger partial charge in [-0.3, -0.25) is 9.69 Å². The topological polar surface area (TPSA) is 79.0 Å². The molecule has 2 bridgehead atoms. The molecule has 2 atom stereocenters. The molecule has 0 saturated carbocycles. The summed E-state index contributed by atoms with van der Waals surface area (Å²) in [5, 5.41) is 2.52. The van der Waals surface area contributed by atoms with E-state index < -0.39 is 10.0 Å². The van der Waals surface area contributed by atoms with E-state index in [0.29, 0.717) is 31.9 Å². The molecule has 0 aromatic heterocycles. The first-order valence-electron chi connectivity index (χ1n) is 8.02. The number of ether oxygens (including phenoxy) is 1. The van der Waals surface area contributed by atoms with Crippen LogP contribution in [0.5, 0.6) is 0 Å². The quantitative estimate of drug-likeness (QED) is 0.827. The van der Waals surface area contributed by atoms with Crippen molar-refractivity contribution in [3.05, 3.63) is 29.8 Å². The molecule has 0 aliphatic carbocycles. The SMILES string of the molecule is CNC(=O)c1cccc(S(=O)(=O)N2C[C@@H]3COC[C@H](C2)N(C)C3)c1. The normalized spacial score (nSPS) is 25.9.